The van der Waals surface area contributed by atoms with Gasteiger partial charge in [-0.25, -0.2) is 14.6 Å². The largest absolute Gasteiger partial charge is 0.459 e. The fourth-order valence-electron chi connectivity index (χ4n) is 3.87. The lowest BCUT2D eigenvalue weighted by atomic mass is 10.2. The summed E-state index contributed by atoms with van der Waals surface area (Å²) in [6.45, 7) is 5.11. The summed E-state index contributed by atoms with van der Waals surface area (Å²) in [5.74, 6) is -1.13. The van der Waals surface area contributed by atoms with Gasteiger partial charge in [0.2, 0.25) is 5.91 Å². The van der Waals surface area contributed by atoms with Gasteiger partial charge in [0, 0.05) is 51.4 Å². The highest BCUT2D eigenvalue weighted by atomic mass is 19.1. The molecule has 0 radical (unpaired) electrons. The fourth-order valence-corrected chi connectivity index (χ4v) is 3.87. The van der Waals surface area contributed by atoms with Gasteiger partial charge in [0.25, 0.3) is 0 Å². The first-order valence-electron chi connectivity index (χ1n) is 12.0. The number of halogens is 1. The van der Waals surface area contributed by atoms with Crippen molar-refractivity contribution in [3.05, 3.63) is 53.8 Å². The van der Waals surface area contributed by atoms with Crippen molar-refractivity contribution in [1.29, 1.82) is 0 Å². The maximum atomic E-state index is 15.0. The Bertz CT molecular complexity index is 1100. The van der Waals surface area contributed by atoms with Crippen molar-refractivity contribution >= 4 is 35.0 Å². The number of carbonyl (C=O) groups excluding carboxylic acids is 3. The zero-order valence-electron chi connectivity index (χ0n) is 21.1. The van der Waals surface area contributed by atoms with Crippen LogP contribution in [-0.2, 0) is 20.9 Å². The minimum Gasteiger partial charge on any atom is -0.459 e. The van der Waals surface area contributed by atoms with E-state index in [9.17, 15) is 14.4 Å². The van der Waals surface area contributed by atoms with Crippen LogP contribution in [0.1, 0.15) is 19.4 Å². The molecule has 200 valence electrons. The summed E-state index contributed by atoms with van der Waals surface area (Å²) in [6, 6.07) is 11.8. The number of rotatable bonds is 9. The Morgan fingerprint density at radius 2 is 1.89 bits per heavy atom. The standard InChI is InChI=1S/C25H34FN7O4/c1-17(34)28-15-22(37-18(2)35)16-29-21-6-7-24(23(26)13-21)32-9-8-31-33(11-10-32)25(36)30-14-19-4-3-5-20(27)12-19/h3-7,12-13,22,29,31H,8-11,14-16,27H2,1-2H3,(H,28,34)(H,30,36)/t22-/m0/s1. The number of hydrogen-bond donors (Lipinski definition) is 5. The molecule has 3 rings (SSSR count). The minimum absolute atomic E-state index is 0.146. The molecule has 0 aliphatic carbocycles. The summed E-state index contributed by atoms with van der Waals surface area (Å²) in [5, 5.41) is 10.00. The number of nitrogens with one attached hydrogen (secondary N) is 4. The second kappa shape index (κ2) is 13.3. The van der Waals surface area contributed by atoms with Gasteiger partial charge in [-0.3, -0.25) is 14.6 Å². The van der Waals surface area contributed by atoms with Crippen LogP contribution in [0.5, 0.6) is 0 Å². The molecule has 1 aliphatic rings. The molecule has 0 aromatic heterocycles. The van der Waals surface area contributed by atoms with Gasteiger partial charge < -0.3 is 31.3 Å². The number of hydrogen-bond acceptors (Lipinski definition) is 8. The maximum absolute atomic E-state index is 15.0. The van der Waals surface area contributed by atoms with E-state index < -0.39 is 17.9 Å². The molecule has 6 N–H and O–H groups in total. The minimum atomic E-state index is -0.600. The van der Waals surface area contributed by atoms with E-state index in [4.69, 9.17) is 10.5 Å². The topological polar surface area (TPSA) is 141 Å². The van der Waals surface area contributed by atoms with Gasteiger partial charge in [-0.1, -0.05) is 12.1 Å². The Hall–Kier alpha value is -4.06. The van der Waals surface area contributed by atoms with Crippen molar-refractivity contribution in [2.45, 2.75) is 26.5 Å². The van der Waals surface area contributed by atoms with Crippen molar-refractivity contribution < 1.29 is 23.5 Å². The molecule has 2 aromatic rings. The number of anilines is 3. The van der Waals surface area contributed by atoms with Crippen LogP contribution >= 0.6 is 0 Å². The molecule has 37 heavy (non-hydrogen) atoms. The van der Waals surface area contributed by atoms with Crippen molar-refractivity contribution in [3.8, 4) is 0 Å². The highest BCUT2D eigenvalue weighted by Gasteiger charge is 2.21. The number of urea groups is 1. The molecule has 1 saturated heterocycles. The van der Waals surface area contributed by atoms with E-state index in [1.165, 1.54) is 24.9 Å². The number of benzene rings is 2. The van der Waals surface area contributed by atoms with E-state index in [1.807, 2.05) is 17.0 Å². The molecular formula is C25H34FN7O4. The Labute approximate surface area is 215 Å². The Kier molecular flexibility index (Phi) is 9.90. The van der Waals surface area contributed by atoms with Gasteiger partial charge in [-0.15, -0.1) is 0 Å². The van der Waals surface area contributed by atoms with Gasteiger partial charge in [0.05, 0.1) is 25.3 Å². The van der Waals surface area contributed by atoms with E-state index >= 15 is 4.39 Å². The van der Waals surface area contributed by atoms with Crippen molar-refractivity contribution in [2.24, 2.45) is 0 Å². The van der Waals surface area contributed by atoms with Gasteiger partial charge in [0.1, 0.15) is 11.9 Å². The van der Waals surface area contributed by atoms with E-state index in [0.717, 1.165) is 5.56 Å². The summed E-state index contributed by atoms with van der Waals surface area (Å²) in [7, 11) is 0. The van der Waals surface area contributed by atoms with E-state index in [1.54, 1.807) is 24.3 Å². The van der Waals surface area contributed by atoms with E-state index in [-0.39, 0.29) is 25.0 Å². The lowest BCUT2D eigenvalue weighted by Crippen LogP contribution is -2.48. The van der Waals surface area contributed by atoms with Crippen molar-refractivity contribution in [3.63, 3.8) is 0 Å². The molecule has 0 saturated carbocycles. The lowest BCUT2D eigenvalue weighted by Gasteiger charge is -2.24. The first-order chi connectivity index (χ1) is 17.7. The smallest absolute Gasteiger partial charge is 0.332 e. The van der Waals surface area contributed by atoms with Crippen molar-refractivity contribution in [2.75, 3.05) is 55.2 Å². The molecule has 0 bridgehead atoms. The molecule has 1 atom stereocenters. The molecular weight excluding hydrogens is 481 g/mol. The number of amides is 3. The second-order valence-corrected chi connectivity index (χ2v) is 8.67. The zero-order chi connectivity index (χ0) is 26.8. The van der Waals surface area contributed by atoms with Gasteiger partial charge in [0.15, 0.2) is 0 Å². The van der Waals surface area contributed by atoms with Crippen LogP contribution < -0.4 is 32.0 Å². The molecule has 2 aromatic carbocycles. The van der Waals surface area contributed by atoms with Gasteiger partial charge in [-0.05, 0) is 35.9 Å². The third kappa shape index (κ3) is 8.83. The summed E-state index contributed by atoms with van der Waals surface area (Å²) < 4.78 is 20.2. The van der Waals surface area contributed by atoms with Crippen LogP contribution in [0.3, 0.4) is 0 Å². The highest BCUT2D eigenvalue weighted by Crippen LogP contribution is 2.23. The first kappa shape index (κ1) is 27.5. The number of hydrazine groups is 1. The SMILES string of the molecule is CC(=O)NC[C@@H](CNc1ccc(N2CCNN(C(=O)NCc3cccc(N)c3)CC2)c(F)c1)OC(C)=O. The van der Waals surface area contributed by atoms with Crippen LogP contribution in [0.15, 0.2) is 42.5 Å². The molecule has 1 fully saturated rings. The molecule has 1 heterocycles. The average molecular weight is 516 g/mol. The summed E-state index contributed by atoms with van der Waals surface area (Å²) in [6.07, 6.45) is -0.600. The predicted molar refractivity (Wildman–Crippen MR) is 139 cm³/mol. The molecule has 1 aliphatic heterocycles. The Balaban J connectivity index is 1.53. The molecule has 0 unspecified atom stereocenters. The van der Waals surface area contributed by atoms with Crippen LogP contribution in [0.25, 0.3) is 0 Å². The predicted octanol–water partition coefficient (Wildman–Crippen LogP) is 1.42. The van der Waals surface area contributed by atoms with Crippen LogP contribution in [0.4, 0.5) is 26.2 Å². The summed E-state index contributed by atoms with van der Waals surface area (Å²) in [5.41, 5.74) is 11.3. The van der Waals surface area contributed by atoms with Gasteiger partial charge >= 0.3 is 12.0 Å². The third-order valence-electron chi connectivity index (χ3n) is 5.65. The number of nitrogen functional groups attached to an aromatic ring is 1. The Morgan fingerprint density at radius 3 is 2.59 bits per heavy atom. The monoisotopic (exact) mass is 515 g/mol. The normalized spacial score (nSPS) is 14.4. The molecule has 12 heteroatoms. The number of esters is 1. The fraction of sp³-hybridized carbons (Fsp3) is 0.400. The number of ether oxygens (including phenoxy) is 1. The van der Waals surface area contributed by atoms with Gasteiger partial charge in [-0.2, -0.15) is 0 Å². The quantitative estimate of drug-likeness (QED) is 0.250. The number of nitrogens with two attached hydrogens (primary N) is 1. The van der Waals surface area contributed by atoms with E-state index in [0.29, 0.717) is 49.8 Å². The van der Waals surface area contributed by atoms with Crippen molar-refractivity contribution in [1.82, 2.24) is 21.1 Å². The summed E-state index contributed by atoms with van der Waals surface area (Å²) >= 11 is 0. The number of carbonyl (C=O) groups is 3. The van der Waals surface area contributed by atoms with E-state index in [2.05, 4.69) is 21.4 Å². The van der Waals surface area contributed by atoms with Crippen LogP contribution in [0, 0.1) is 5.82 Å². The molecule has 0 spiro atoms. The number of nitrogens with zero attached hydrogens (tertiary/aromatic N) is 2. The average Bonchev–Trinajstić information content (AvgIpc) is 3.10. The highest BCUT2D eigenvalue weighted by molar-refractivity contribution is 5.74. The summed E-state index contributed by atoms with van der Waals surface area (Å²) in [4.78, 5) is 37.0. The zero-order valence-corrected chi connectivity index (χ0v) is 21.1. The first-order valence-corrected chi connectivity index (χ1v) is 12.0. The van der Waals surface area contributed by atoms with Crippen LogP contribution in [0.2, 0.25) is 0 Å². The maximum Gasteiger partial charge on any atom is 0.332 e. The second-order valence-electron chi connectivity index (χ2n) is 8.67. The molecule has 11 nitrogen and oxygen atoms in total. The molecule has 3 amide bonds. The lowest BCUT2D eigenvalue weighted by molar-refractivity contribution is -0.146. The third-order valence-corrected chi connectivity index (χ3v) is 5.65. The Morgan fingerprint density at radius 1 is 1.08 bits per heavy atom. The van der Waals surface area contributed by atoms with Crippen LogP contribution in [-0.4, -0.2) is 68.3 Å².